The average molecular weight is 321 g/mol. The van der Waals surface area contributed by atoms with Crippen LogP contribution in [0.3, 0.4) is 0 Å². The highest BCUT2D eigenvalue weighted by Crippen LogP contribution is 2.62. The van der Waals surface area contributed by atoms with Gasteiger partial charge in [0.15, 0.2) is 0 Å². The molecule has 4 heteroatoms. The van der Waals surface area contributed by atoms with Gasteiger partial charge in [-0.25, -0.2) is 0 Å². The summed E-state index contributed by atoms with van der Waals surface area (Å²) in [5, 5.41) is -0.0830. The molecule has 0 amide bonds. The number of alkyl halides is 1. The summed E-state index contributed by atoms with van der Waals surface area (Å²) in [5.41, 5.74) is 0. The summed E-state index contributed by atoms with van der Waals surface area (Å²) < 4.78 is 6.27. The summed E-state index contributed by atoms with van der Waals surface area (Å²) in [6.45, 7) is 19.9. The van der Waals surface area contributed by atoms with Crippen molar-refractivity contribution in [3.05, 3.63) is 0 Å². The number of hydrogen-bond donors (Lipinski definition) is 0. The van der Waals surface area contributed by atoms with Crippen LogP contribution in [0.25, 0.3) is 0 Å². The first kappa shape index (κ1) is 20.0. The van der Waals surface area contributed by atoms with E-state index < -0.39 is 8.32 Å². The summed E-state index contributed by atoms with van der Waals surface area (Å²) in [5.74, 6) is 0.418. The van der Waals surface area contributed by atoms with Gasteiger partial charge in [-0.05, 0) is 21.5 Å². The van der Waals surface area contributed by atoms with Crippen molar-refractivity contribution in [2.45, 2.75) is 90.3 Å². The van der Waals surface area contributed by atoms with Crippen LogP contribution in [0.2, 0.25) is 15.1 Å². The topological polar surface area (TPSA) is 26.3 Å². The van der Waals surface area contributed by atoms with Crippen molar-refractivity contribution in [2.24, 2.45) is 0 Å². The molecule has 0 rings (SSSR count). The van der Waals surface area contributed by atoms with Crippen LogP contribution in [-0.2, 0) is 9.22 Å². The maximum atomic E-state index is 12.3. The summed E-state index contributed by atoms with van der Waals surface area (Å²) in [7, 11) is -2.41. The summed E-state index contributed by atoms with van der Waals surface area (Å²) >= 11 is 5.69. The van der Waals surface area contributed by atoms with Crippen molar-refractivity contribution in [3.8, 4) is 0 Å². The minimum absolute atomic E-state index is 0.0277. The highest BCUT2D eigenvalue weighted by molar-refractivity contribution is 6.83. The minimum Gasteiger partial charge on any atom is -0.517 e. The van der Waals surface area contributed by atoms with Gasteiger partial charge in [0.2, 0.25) is 0 Å². The number of halogens is 1. The van der Waals surface area contributed by atoms with Crippen LogP contribution in [0.1, 0.15) is 75.2 Å². The average Bonchev–Trinajstić information content (AvgIpc) is 2.17. The fourth-order valence-electron chi connectivity index (χ4n) is 4.27. The van der Waals surface area contributed by atoms with Gasteiger partial charge in [-0.3, -0.25) is 4.79 Å². The molecular formula is C16H33ClO2Si. The number of hydrogen-bond acceptors (Lipinski definition) is 2. The van der Waals surface area contributed by atoms with Gasteiger partial charge >= 0.3 is 0 Å². The molecule has 2 nitrogen and oxygen atoms in total. The lowest BCUT2D eigenvalue weighted by molar-refractivity contribution is -0.136. The number of carbonyl (C=O) groups is 1. The molecule has 0 radical (unpaired) electrons. The first-order valence-corrected chi connectivity index (χ1v) is 9.93. The van der Waals surface area contributed by atoms with Crippen molar-refractivity contribution < 1.29 is 9.22 Å². The molecule has 0 atom stereocenters. The Kier molecular flexibility index (Phi) is 6.38. The molecule has 0 spiro atoms. The zero-order valence-electron chi connectivity index (χ0n) is 14.8. The second kappa shape index (κ2) is 6.39. The highest BCUT2D eigenvalue weighted by Gasteiger charge is 2.64. The zero-order chi connectivity index (χ0) is 16.4. The maximum Gasteiger partial charge on any atom is 0.292 e. The van der Waals surface area contributed by atoms with Gasteiger partial charge in [0, 0.05) is 12.3 Å². The van der Waals surface area contributed by atoms with Gasteiger partial charge in [-0.15, -0.1) is 11.6 Å². The lowest BCUT2D eigenvalue weighted by Crippen LogP contribution is -2.61. The van der Waals surface area contributed by atoms with Crippen molar-refractivity contribution in [1.82, 2.24) is 0 Å². The summed E-state index contributed by atoms with van der Waals surface area (Å²) in [4.78, 5) is 12.3. The van der Waals surface area contributed by atoms with Gasteiger partial charge in [0.05, 0.1) is 0 Å². The SMILES string of the molecule is CC(C)(C)[Si](OC(=O)CCCCl)(C(C)(C)C)C(C)(C)C. The molecule has 0 aliphatic rings. The van der Waals surface area contributed by atoms with E-state index in [-0.39, 0.29) is 21.1 Å². The minimum atomic E-state index is -2.41. The molecule has 0 N–H and O–H groups in total. The Bertz CT molecular complexity index is 296. The lowest BCUT2D eigenvalue weighted by Gasteiger charge is -2.56. The van der Waals surface area contributed by atoms with Crippen molar-refractivity contribution in [2.75, 3.05) is 5.88 Å². The predicted octanol–water partition coefficient (Wildman–Crippen LogP) is 5.89. The summed E-state index contributed by atoms with van der Waals surface area (Å²) in [6, 6.07) is 0. The molecule has 0 aliphatic carbocycles. The van der Waals surface area contributed by atoms with Crippen LogP contribution in [-0.4, -0.2) is 20.2 Å². The molecule has 0 bridgehead atoms. The third kappa shape index (κ3) is 4.00. The molecule has 0 fully saturated rings. The lowest BCUT2D eigenvalue weighted by atomic mass is 10.2. The third-order valence-electron chi connectivity index (χ3n) is 3.95. The van der Waals surface area contributed by atoms with E-state index in [0.29, 0.717) is 18.7 Å². The predicted molar refractivity (Wildman–Crippen MR) is 90.9 cm³/mol. The Labute approximate surface area is 131 Å². The highest BCUT2D eigenvalue weighted by atomic mass is 35.5. The molecular weight excluding hydrogens is 288 g/mol. The van der Waals surface area contributed by atoms with Gasteiger partial charge in [-0.1, -0.05) is 62.3 Å². The maximum absolute atomic E-state index is 12.3. The quantitative estimate of drug-likeness (QED) is 0.476. The second-order valence-corrected chi connectivity index (χ2v) is 15.1. The Morgan fingerprint density at radius 2 is 1.25 bits per heavy atom. The second-order valence-electron chi connectivity index (χ2n) is 8.70. The Morgan fingerprint density at radius 3 is 1.50 bits per heavy atom. The molecule has 20 heavy (non-hydrogen) atoms. The zero-order valence-corrected chi connectivity index (χ0v) is 16.6. The monoisotopic (exact) mass is 320 g/mol. The van der Waals surface area contributed by atoms with Gasteiger partial charge in [0.1, 0.15) is 0 Å². The first-order valence-electron chi connectivity index (χ1n) is 7.48. The Balaban J connectivity index is 5.75. The smallest absolute Gasteiger partial charge is 0.292 e. The standard InChI is InChI=1S/C16H33ClO2Si/c1-14(2,3)20(15(4,5)6,16(7,8)9)19-13(18)11-10-12-17/h10-12H2,1-9H3. The van der Waals surface area contributed by atoms with Crippen LogP contribution >= 0.6 is 11.6 Å². The van der Waals surface area contributed by atoms with E-state index in [4.69, 9.17) is 16.0 Å². The van der Waals surface area contributed by atoms with Crippen molar-refractivity contribution in [1.29, 1.82) is 0 Å². The van der Waals surface area contributed by atoms with Crippen LogP contribution in [0.4, 0.5) is 0 Å². The fraction of sp³-hybridized carbons (Fsp3) is 0.938. The van der Waals surface area contributed by atoms with Gasteiger partial charge in [0.25, 0.3) is 14.3 Å². The molecule has 0 aromatic rings. The van der Waals surface area contributed by atoms with Crippen molar-refractivity contribution >= 4 is 25.9 Å². The van der Waals surface area contributed by atoms with E-state index in [1.807, 2.05) is 0 Å². The van der Waals surface area contributed by atoms with E-state index in [9.17, 15) is 4.79 Å². The Morgan fingerprint density at radius 1 is 0.900 bits per heavy atom. The summed E-state index contributed by atoms with van der Waals surface area (Å²) in [6.07, 6.45) is 1.10. The Hall–Kier alpha value is -0.0231. The molecule has 0 aliphatic heterocycles. The van der Waals surface area contributed by atoms with Crippen LogP contribution in [0.5, 0.6) is 0 Å². The van der Waals surface area contributed by atoms with E-state index in [0.717, 1.165) is 0 Å². The molecule has 0 saturated carbocycles. The largest absolute Gasteiger partial charge is 0.517 e. The molecule has 0 aromatic carbocycles. The van der Waals surface area contributed by atoms with E-state index >= 15 is 0 Å². The molecule has 0 saturated heterocycles. The number of carbonyl (C=O) groups excluding carboxylic acids is 1. The number of rotatable bonds is 4. The van der Waals surface area contributed by atoms with Crippen LogP contribution < -0.4 is 0 Å². The molecule has 0 aromatic heterocycles. The van der Waals surface area contributed by atoms with E-state index in [2.05, 4.69) is 62.3 Å². The van der Waals surface area contributed by atoms with E-state index in [1.54, 1.807) is 0 Å². The van der Waals surface area contributed by atoms with Crippen molar-refractivity contribution in [3.63, 3.8) is 0 Å². The normalized spacial score (nSPS) is 14.3. The van der Waals surface area contributed by atoms with Crippen LogP contribution in [0, 0.1) is 0 Å². The molecule has 120 valence electrons. The van der Waals surface area contributed by atoms with Crippen LogP contribution in [0.15, 0.2) is 0 Å². The van der Waals surface area contributed by atoms with Gasteiger partial charge in [-0.2, -0.15) is 0 Å². The fourth-order valence-corrected chi connectivity index (χ4v) is 12.5. The van der Waals surface area contributed by atoms with Gasteiger partial charge < -0.3 is 4.43 Å². The van der Waals surface area contributed by atoms with E-state index in [1.165, 1.54) is 0 Å². The molecule has 0 heterocycles. The first-order chi connectivity index (χ1) is 8.70. The third-order valence-corrected chi connectivity index (χ3v) is 11.1. The molecule has 0 unspecified atom stereocenters.